The van der Waals surface area contributed by atoms with Crippen LogP contribution in [-0.2, 0) is 0 Å². The third-order valence-corrected chi connectivity index (χ3v) is 7.75. The first kappa shape index (κ1) is 11.8. The van der Waals surface area contributed by atoms with Crippen molar-refractivity contribution in [1.82, 2.24) is 0 Å². The molecule has 16 heavy (non-hydrogen) atoms. The molecule has 2 heteroatoms. The zero-order chi connectivity index (χ0) is 11.6. The minimum atomic E-state index is -0.896. The molecule has 4 aliphatic carbocycles. The highest BCUT2D eigenvalue weighted by Crippen LogP contribution is 2.66. The topological polar surface area (TPSA) is 0 Å². The zero-order valence-corrected chi connectivity index (χ0v) is 13.6. The molecule has 2 unspecified atom stereocenters. The smallest absolute Gasteiger partial charge is 0.0448 e. The Labute approximate surface area is 110 Å². The van der Waals surface area contributed by atoms with Gasteiger partial charge < -0.3 is 0 Å². The Morgan fingerprint density at radius 1 is 1.06 bits per heavy atom. The predicted octanol–water partition coefficient (Wildman–Crippen LogP) is 5.06. The lowest BCUT2D eigenvalue weighted by molar-refractivity contribution is -0.0234. The van der Waals surface area contributed by atoms with Gasteiger partial charge in [-0.15, -0.1) is 0 Å². The standard InChI is InChI=1S/C14H25BrSi/c1-16(2,3)10-13-5-11-4-12(6-13)8-14(15,7-11)9-13/h11-12H,4-10H2,1-3H3/t11-,12+,13?,14?. The molecular weight excluding hydrogens is 276 g/mol. The van der Waals surface area contributed by atoms with Gasteiger partial charge in [-0.3, -0.25) is 0 Å². The summed E-state index contributed by atoms with van der Waals surface area (Å²) in [5.41, 5.74) is 0.762. The average molecular weight is 301 g/mol. The van der Waals surface area contributed by atoms with Crippen LogP contribution in [0.4, 0.5) is 0 Å². The van der Waals surface area contributed by atoms with Gasteiger partial charge >= 0.3 is 0 Å². The second-order valence-electron chi connectivity index (χ2n) is 8.35. The maximum atomic E-state index is 4.12. The van der Waals surface area contributed by atoms with Gasteiger partial charge in [0.25, 0.3) is 0 Å². The molecule has 0 radical (unpaired) electrons. The van der Waals surface area contributed by atoms with Gasteiger partial charge in [0.05, 0.1) is 0 Å². The van der Waals surface area contributed by atoms with E-state index in [-0.39, 0.29) is 0 Å². The third kappa shape index (κ3) is 2.05. The molecule has 0 aromatic carbocycles. The molecule has 0 aromatic heterocycles. The summed E-state index contributed by atoms with van der Waals surface area (Å²) in [5, 5.41) is 0. The van der Waals surface area contributed by atoms with Crippen LogP contribution in [0.15, 0.2) is 0 Å². The fourth-order valence-corrected chi connectivity index (χ4v) is 9.84. The Balaban J connectivity index is 1.86. The van der Waals surface area contributed by atoms with Gasteiger partial charge in [-0.2, -0.15) is 0 Å². The number of hydrogen-bond acceptors (Lipinski definition) is 0. The lowest BCUT2D eigenvalue weighted by Gasteiger charge is -2.61. The van der Waals surface area contributed by atoms with Crippen molar-refractivity contribution < 1.29 is 0 Å². The normalized spacial score (nSPS) is 51.0. The Bertz CT molecular complexity index is 286. The van der Waals surface area contributed by atoms with E-state index in [0.29, 0.717) is 4.32 Å². The number of hydrogen-bond donors (Lipinski definition) is 0. The van der Waals surface area contributed by atoms with Crippen molar-refractivity contribution in [1.29, 1.82) is 0 Å². The molecule has 0 saturated heterocycles. The second-order valence-corrected chi connectivity index (χ2v) is 15.5. The number of halogens is 1. The minimum Gasteiger partial charge on any atom is -0.0853 e. The van der Waals surface area contributed by atoms with Crippen molar-refractivity contribution in [2.24, 2.45) is 17.3 Å². The van der Waals surface area contributed by atoms with E-state index in [9.17, 15) is 0 Å². The fraction of sp³-hybridized carbons (Fsp3) is 1.00. The van der Waals surface area contributed by atoms with Crippen LogP contribution >= 0.6 is 15.9 Å². The van der Waals surface area contributed by atoms with Gasteiger partial charge in [-0.05, 0) is 55.8 Å². The van der Waals surface area contributed by atoms with Crippen LogP contribution in [0.1, 0.15) is 38.5 Å². The van der Waals surface area contributed by atoms with Crippen LogP contribution in [0, 0.1) is 17.3 Å². The van der Waals surface area contributed by atoms with Gasteiger partial charge in [0.15, 0.2) is 0 Å². The molecule has 4 rings (SSSR count). The van der Waals surface area contributed by atoms with Crippen LogP contribution in [0.5, 0.6) is 0 Å². The molecule has 0 aromatic rings. The number of alkyl halides is 1. The Morgan fingerprint density at radius 2 is 1.62 bits per heavy atom. The van der Waals surface area contributed by atoms with E-state index < -0.39 is 8.07 Å². The fourth-order valence-electron chi connectivity index (χ4n) is 5.67. The average Bonchev–Trinajstić information content (AvgIpc) is 1.91. The van der Waals surface area contributed by atoms with Crippen LogP contribution < -0.4 is 0 Å². The lowest BCUT2D eigenvalue weighted by Crippen LogP contribution is -2.54. The van der Waals surface area contributed by atoms with Crippen molar-refractivity contribution >= 4 is 24.0 Å². The quantitative estimate of drug-likeness (QED) is 0.494. The molecule has 4 atom stereocenters. The molecule has 4 bridgehead atoms. The van der Waals surface area contributed by atoms with E-state index in [4.69, 9.17) is 0 Å². The van der Waals surface area contributed by atoms with Gasteiger partial charge in [-0.1, -0.05) is 41.6 Å². The first-order valence-electron chi connectivity index (χ1n) is 6.97. The summed E-state index contributed by atoms with van der Waals surface area (Å²) in [4.78, 5) is 0. The van der Waals surface area contributed by atoms with Crippen molar-refractivity contribution in [2.75, 3.05) is 0 Å². The zero-order valence-electron chi connectivity index (χ0n) is 11.0. The van der Waals surface area contributed by atoms with Crippen LogP contribution in [0.25, 0.3) is 0 Å². The summed E-state index contributed by atoms with van der Waals surface area (Å²) < 4.78 is 0.566. The summed E-state index contributed by atoms with van der Waals surface area (Å²) >= 11 is 4.12. The minimum absolute atomic E-state index is 0.566. The first-order valence-corrected chi connectivity index (χ1v) is 11.5. The molecule has 4 fully saturated rings. The SMILES string of the molecule is C[Si](C)(C)CC12C[C@@H]3C[C@@H](CC(Br)(C3)C1)C2. The third-order valence-electron chi connectivity index (χ3n) is 5.02. The largest absolute Gasteiger partial charge is 0.0853 e. The maximum Gasteiger partial charge on any atom is 0.0448 e. The highest BCUT2D eigenvalue weighted by atomic mass is 79.9. The summed E-state index contributed by atoms with van der Waals surface area (Å²) in [6.45, 7) is 7.69. The number of rotatable bonds is 2. The van der Waals surface area contributed by atoms with Crippen molar-refractivity contribution in [3.8, 4) is 0 Å². The Hall–Kier alpha value is 0.697. The molecule has 0 aliphatic heterocycles. The van der Waals surface area contributed by atoms with Crippen LogP contribution in [-0.4, -0.2) is 12.4 Å². The molecule has 4 aliphatic rings. The summed E-state index contributed by atoms with van der Waals surface area (Å²) in [7, 11) is -0.896. The van der Waals surface area contributed by atoms with E-state index >= 15 is 0 Å². The molecule has 0 heterocycles. The Kier molecular flexibility index (Phi) is 2.48. The van der Waals surface area contributed by atoms with E-state index in [0.717, 1.165) is 17.3 Å². The van der Waals surface area contributed by atoms with Crippen LogP contribution in [0.3, 0.4) is 0 Å². The summed E-state index contributed by atoms with van der Waals surface area (Å²) in [5.74, 6) is 2.13. The molecule has 92 valence electrons. The monoisotopic (exact) mass is 300 g/mol. The van der Waals surface area contributed by atoms with Gasteiger partial charge in [-0.25, -0.2) is 0 Å². The van der Waals surface area contributed by atoms with Crippen LogP contribution in [0.2, 0.25) is 25.7 Å². The molecule has 0 amide bonds. The molecule has 0 N–H and O–H groups in total. The van der Waals surface area contributed by atoms with Gasteiger partial charge in [0, 0.05) is 12.4 Å². The molecule has 0 spiro atoms. The molecule has 4 saturated carbocycles. The maximum absolute atomic E-state index is 4.12. The van der Waals surface area contributed by atoms with Gasteiger partial charge in [0.2, 0.25) is 0 Å². The van der Waals surface area contributed by atoms with Crippen molar-refractivity contribution in [2.45, 2.75) is 68.5 Å². The Morgan fingerprint density at radius 3 is 2.06 bits per heavy atom. The highest BCUT2D eigenvalue weighted by molar-refractivity contribution is 9.10. The summed E-state index contributed by atoms with van der Waals surface area (Å²) in [6, 6.07) is 1.58. The summed E-state index contributed by atoms with van der Waals surface area (Å²) in [6.07, 6.45) is 9.16. The predicted molar refractivity (Wildman–Crippen MR) is 76.9 cm³/mol. The van der Waals surface area contributed by atoms with Crippen molar-refractivity contribution in [3.63, 3.8) is 0 Å². The molecular formula is C14H25BrSi. The van der Waals surface area contributed by atoms with E-state index in [1.165, 1.54) is 19.3 Å². The van der Waals surface area contributed by atoms with Crippen molar-refractivity contribution in [3.05, 3.63) is 0 Å². The van der Waals surface area contributed by atoms with E-state index in [1.54, 1.807) is 25.3 Å². The van der Waals surface area contributed by atoms with Gasteiger partial charge in [0.1, 0.15) is 0 Å². The van der Waals surface area contributed by atoms with E-state index in [1.807, 2.05) is 0 Å². The highest BCUT2D eigenvalue weighted by Gasteiger charge is 2.57. The second kappa shape index (κ2) is 3.37. The molecule has 0 nitrogen and oxygen atoms in total. The van der Waals surface area contributed by atoms with E-state index in [2.05, 4.69) is 35.6 Å². The lowest BCUT2D eigenvalue weighted by atomic mass is 9.50. The first-order chi connectivity index (χ1) is 7.28.